The number of aryl methyl sites for hydroxylation is 1. The Morgan fingerprint density at radius 2 is 2.17 bits per heavy atom. The molecule has 1 amide bonds. The van der Waals surface area contributed by atoms with E-state index in [0.717, 1.165) is 13.2 Å². The van der Waals surface area contributed by atoms with Crippen LogP contribution in [-0.2, 0) is 16.0 Å². The summed E-state index contributed by atoms with van der Waals surface area (Å²) in [5, 5.41) is 3.88. The maximum absolute atomic E-state index is 12.8. The van der Waals surface area contributed by atoms with Crippen molar-refractivity contribution >= 4 is 5.91 Å². The number of carbonyl (C=O) groups is 1. The molecule has 2 fully saturated rings. The summed E-state index contributed by atoms with van der Waals surface area (Å²) >= 11 is 0. The van der Waals surface area contributed by atoms with Crippen molar-refractivity contribution in [2.24, 2.45) is 0 Å². The summed E-state index contributed by atoms with van der Waals surface area (Å²) in [4.78, 5) is 21.2. The lowest BCUT2D eigenvalue weighted by molar-refractivity contribution is -0.143. The Morgan fingerprint density at radius 3 is 2.87 bits per heavy atom. The molecule has 0 bridgehead atoms. The molecule has 3 rings (SSSR count). The molecular weight excluding hydrogens is 296 g/mol. The maximum atomic E-state index is 12.8. The number of likely N-dealkylation sites (N-methyl/N-ethyl adjacent to an activating group) is 1. The van der Waals surface area contributed by atoms with Crippen LogP contribution in [0.1, 0.15) is 37.4 Å². The largest absolute Gasteiger partial charge is 0.378 e. The lowest BCUT2D eigenvalue weighted by Crippen LogP contribution is -2.57. The minimum absolute atomic E-state index is 0.136. The zero-order valence-electron chi connectivity index (χ0n) is 14.0. The average molecular weight is 322 g/mol. The first-order valence-corrected chi connectivity index (χ1v) is 8.53. The van der Waals surface area contributed by atoms with Crippen LogP contribution in [0.15, 0.2) is 4.52 Å². The summed E-state index contributed by atoms with van der Waals surface area (Å²) in [6, 6.07) is 0.393. The number of nitrogens with zero attached hydrogens (tertiary/aromatic N) is 4. The number of hydrogen-bond donors (Lipinski definition) is 0. The van der Waals surface area contributed by atoms with E-state index < -0.39 is 0 Å². The Balaban J connectivity index is 1.57. The van der Waals surface area contributed by atoms with E-state index in [4.69, 9.17) is 9.26 Å². The smallest absolute Gasteiger partial charge is 0.242 e. The molecular formula is C16H26N4O3. The third kappa shape index (κ3) is 3.90. The molecule has 1 saturated carbocycles. The van der Waals surface area contributed by atoms with Crippen LogP contribution >= 0.6 is 0 Å². The Labute approximate surface area is 137 Å². The minimum Gasteiger partial charge on any atom is -0.378 e. The second-order valence-corrected chi connectivity index (χ2v) is 6.51. The second-order valence-electron chi connectivity index (χ2n) is 6.51. The van der Waals surface area contributed by atoms with Crippen LogP contribution in [0.3, 0.4) is 0 Å². The van der Waals surface area contributed by atoms with E-state index in [2.05, 4.69) is 15.0 Å². The number of morpholine rings is 1. The summed E-state index contributed by atoms with van der Waals surface area (Å²) < 4.78 is 10.5. The quantitative estimate of drug-likeness (QED) is 0.806. The first-order chi connectivity index (χ1) is 11.1. The lowest BCUT2D eigenvalue weighted by Gasteiger charge is -2.40. The van der Waals surface area contributed by atoms with Gasteiger partial charge in [-0.25, -0.2) is 0 Å². The van der Waals surface area contributed by atoms with Crippen LogP contribution in [0.2, 0.25) is 0 Å². The maximum Gasteiger partial charge on any atom is 0.242 e. The molecule has 1 aliphatic carbocycles. The fraction of sp³-hybridized carbons (Fsp3) is 0.812. The van der Waals surface area contributed by atoms with Crippen molar-refractivity contribution in [2.45, 2.75) is 51.1 Å². The van der Waals surface area contributed by atoms with Gasteiger partial charge in [-0.3, -0.25) is 9.69 Å². The van der Waals surface area contributed by atoms with Gasteiger partial charge in [0.15, 0.2) is 5.82 Å². The highest BCUT2D eigenvalue weighted by atomic mass is 16.5. The highest BCUT2D eigenvalue weighted by Gasteiger charge is 2.36. The van der Waals surface area contributed by atoms with Gasteiger partial charge in [-0.05, 0) is 12.8 Å². The molecule has 128 valence electrons. The lowest BCUT2D eigenvalue weighted by atomic mass is 10.1. The second kappa shape index (κ2) is 7.40. The number of carbonyl (C=O) groups excluding carboxylic acids is 1. The number of hydrogen-bond acceptors (Lipinski definition) is 6. The van der Waals surface area contributed by atoms with Crippen molar-refractivity contribution in [1.82, 2.24) is 19.9 Å². The Hall–Kier alpha value is -1.47. The molecule has 0 spiro atoms. The van der Waals surface area contributed by atoms with Crippen LogP contribution in [-0.4, -0.2) is 71.3 Å². The van der Waals surface area contributed by atoms with Crippen molar-refractivity contribution in [2.75, 3.05) is 33.4 Å². The number of ether oxygens (including phenoxy) is 1. The third-order valence-corrected chi connectivity index (χ3v) is 4.87. The van der Waals surface area contributed by atoms with Gasteiger partial charge < -0.3 is 14.2 Å². The standard InChI is InChI=1S/C16H26N4O3/c1-12-17-15(18-23-12)7-8-19(2)16(21)14-11-22-10-9-20(14)13-5-3-4-6-13/h13-14H,3-11H2,1-2H3. The molecule has 0 N–H and O–H groups in total. The third-order valence-electron chi connectivity index (χ3n) is 4.87. The van der Waals surface area contributed by atoms with Crippen molar-refractivity contribution in [3.63, 3.8) is 0 Å². The predicted molar refractivity (Wildman–Crippen MR) is 83.9 cm³/mol. The predicted octanol–water partition coefficient (Wildman–Crippen LogP) is 1.02. The van der Waals surface area contributed by atoms with Gasteiger partial charge in [-0.15, -0.1) is 0 Å². The molecule has 1 saturated heterocycles. The molecule has 0 radical (unpaired) electrons. The van der Waals surface area contributed by atoms with Crippen LogP contribution in [0.4, 0.5) is 0 Å². The molecule has 0 aromatic carbocycles. The van der Waals surface area contributed by atoms with E-state index in [-0.39, 0.29) is 11.9 Å². The number of amides is 1. The fourth-order valence-electron chi connectivity index (χ4n) is 3.58. The SMILES string of the molecule is Cc1nc(CCN(C)C(=O)C2COCCN2C2CCCC2)no1. The van der Waals surface area contributed by atoms with E-state index in [1.807, 2.05) is 7.05 Å². The van der Waals surface area contributed by atoms with Gasteiger partial charge >= 0.3 is 0 Å². The Morgan fingerprint density at radius 1 is 1.39 bits per heavy atom. The highest BCUT2D eigenvalue weighted by molar-refractivity contribution is 5.82. The Kier molecular flexibility index (Phi) is 5.27. The molecule has 23 heavy (non-hydrogen) atoms. The zero-order valence-corrected chi connectivity index (χ0v) is 14.0. The highest BCUT2D eigenvalue weighted by Crippen LogP contribution is 2.27. The van der Waals surface area contributed by atoms with Gasteiger partial charge in [0.25, 0.3) is 0 Å². The van der Waals surface area contributed by atoms with Gasteiger partial charge in [-0.1, -0.05) is 18.0 Å². The monoisotopic (exact) mass is 322 g/mol. The van der Waals surface area contributed by atoms with E-state index in [0.29, 0.717) is 37.3 Å². The summed E-state index contributed by atoms with van der Waals surface area (Å²) in [6.07, 6.45) is 5.56. The molecule has 7 nitrogen and oxygen atoms in total. The van der Waals surface area contributed by atoms with E-state index in [1.165, 1.54) is 25.7 Å². The van der Waals surface area contributed by atoms with Crippen LogP contribution in [0, 0.1) is 6.92 Å². The molecule has 2 heterocycles. The van der Waals surface area contributed by atoms with E-state index >= 15 is 0 Å². The topological polar surface area (TPSA) is 71.7 Å². The molecule has 1 aliphatic heterocycles. The van der Waals surface area contributed by atoms with Gasteiger partial charge in [0.2, 0.25) is 11.8 Å². The summed E-state index contributed by atoms with van der Waals surface area (Å²) in [7, 11) is 1.84. The van der Waals surface area contributed by atoms with Crippen LogP contribution in [0.5, 0.6) is 0 Å². The van der Waals surface area contributed by atoms with Crippen LogP contribution < -0.4 is 0 Å². The van der Waals surface area contributed by atoms with Gasteiger partial charge in [0.1, 0.15) is 6.04 Å². The molecule has 1 unspecified atom stereocenters. The van der Waals surface area contributed by atoms with E-state index in [9.17, 15) is 4.79 Å². The molecule has 1 aromatic heterocycles. The molecule has 7 heteroatoms. The van der Waals surface area contributed by atoms with Gasteiger partial charge in [0.05, 0.1) is 13.2 Å². The minimum atomic E-state index is -0.149. The Bertz CT molecular complexity index is 527. The van der Waals surface area contributed by atoms with E-state index in [1.54, 1.807) is 11.8 Å². The molecule has 1 atom stereocenters. The summed E-state index contributed by atoms with van der Waals surface area (Å²) in [5.74, 6) is 1.34. The molecule has 1 aromatic rings. The number of aromatic nitrogens is 2. The van der Waals surface area contributed by atoms with Crippen molar-refractivity contribution in [3.05, 3.63) is 11.7 Å². The average Bonchev–Trinajstić information content (AvgIpc) is 3.23. The van der Waals surface area contributed by atoms with Crippen molar-refractivity contribution in [3.8, 4) is 0 Å². The van der Waals surface area contributed by atoms with Crippen molar-refractivity contribution in [1.29, 1.82) is 0 Å². The normalized spacial score (nSPS) is 23.3. The van der Waals surface area contributed by atoms with Gasteiger partial charge in [-0.2, -0.15) is 4.98 Å². The van der Waals surface area contributed by atoms with Gasteiger partial charge in [0, 0.05) is 39.5 Å². The number of rotatable bonds is 5. The fourth-order valence-corrected chi connectivity index (χ4v) is 3.58. The summed E-state index contributed by atoms with van der Waals surface area (Å²) in [6.45, 7) is 4.45. The summed E-state index contributed by atoms with van der Waals surface area (Å²) in [5.41, 5.74) is 0. The van der Waals surface area contributed by atoms with Crippen LogP contribution in [0.25, 0.3) is 0 Å². The zero-order chi connectivity index (χ0) is 16.2. The van der Waals surface area contributed by atoms with Crippen molar-refractivity contribution < 1.29 is 14.1 Å². The first-order valence-electron chi connectivity index (χ1n) is 8.53. The molecule has 2 aliphatic rings. The first kappa shape index (κ1) is 16.4.